The second kappa shape index (κ2) is 15.6. The van der Waals surface area contributed by atoms with Crippen LogP contribution in [0.25, 0.3) is 88.0 Å². The summed E-state index contributed by atoms with van der Waals surface area (Å²) in [5.74, 6) is 0. The highest BCUT2D eigenvalue weighted by Gasteiger charge is 2.37. The van der Waals surface area contributed by atoms with Crippen molar-refractivity contribution in [1.29, 1.82) is 0 Å². The summed E-state index contributed by atoms with van der Waals surface area (Å²) in [6.45, 7) is 4.83. The molecule has 0 atom stereocenters. The van der Waals surface area contributed by atoms with Crippen LogP contribution in [0.1, 0.15) is 50.7 Å². The zero-order valence-corrected chi connectivity index (χ0v) is 38.0. The van der Waals surface area contributed by atoms with Crippen molar-refractivity contribution < 1.29 is 0 Å². The minimum Gasteiger partial charge on any atom is -0.314 e. The molecule has 3 aliphatic carbocycles. The molecule has 0 fully saturated rings. The summed E-state index contributed by atoms with van der Waals surface area (Å²) in [5.41, 5.74) is 20.5. The molecule has 67 heavy (non-hydrogen) atoms. The number of benzene rings is 9. The van der Waals surface area contributed by atoms with Crippen molar-refractivity contribution in [2.24, 2.45) is 0 Å². The van der Waals surface area contributed by atoms with Crippen molar-refractivity contribution >= 4 is 60.3 Å². The third-order valence-electron chi connectivity index (χ3n) is 15.0. The molecule has 0 N–H and O–H groups in total. The fourth-order valence-corrected chi connectivity index (χ4v) is 11.8. The van der Waals surface area contributed by atoms with Crippen LogP contribution in [0.3, 0.4) is 0 Å². The maximum Gasteiger partial charge on any atom is 0.0542 e. The second-order valence-corrected chi connectivity index (χ2v) is 19.0. The van der Waals surface area contributed by atoms with E-state index in [2.05, 4.69) is 242 Å². The lowest BCUT2D eigenvalue weighted by molar-refractivity contribution is 0.607. The minimum atomic E-state index is 0.00970. The van der Waals surface area contributed by atoms with E-state index in [9.17, 15) is 0 Å². The van der Waals surface area contributed by atoms with Gasteiger partial charge in [-0.3, -0.25) is 0 Å². The minimum absolute atomic E-state index is 0.00970. The first-order valence-electron chi connectivity index (χ1n) is 24.0. The van der Waals surface area contributed by atoms with Crippen LogP contribution in [0.4, 0.5) is 11.4 Å². The molecule has 13 rings (SSSR count). The smallest absolute Gasteiger partial charge is 0.0542 e. The van der Waals surface area contributed by atoms with Gasteiger partial charge in [-0.1, -0.05) is 177 Å². The highest BCUT2D eigenvalue weighted by atomic mass is 15.1. The van der Waals surface area contributed by atoms with Crippen molar-refractivity contribution in [2.75, 3.05) is 4.90 Å². The molecular formula is C65H50N2. The summed E-state index contributed by atoms with van der Waals surface area (Å²) in [4.78, 5) is 2.48. The van der Waals surface area contributed by atoms with Crippen LogP contribution in [0.5, 0.6) is 0 Å². The first-order chi connectivity index (χ1) is 33.0. The Morgan fingerprint density at radius 2 is 1.09 bits per heavy atom. The van der Waals surface area contributed by atoms with Crippen molar-refractivity contribution in [3.05, 3.63) is 241 Å². The molecule has 1 heterocycles. The Labute approximate surface area is 392 Å². The molecule has 0 unspecified atom stereocenters. The molecule has 2 heteroatoms. The lowest BCUT2D eigenvalue weighted by atomic mass is 9.78. The predicted molar refractivity (Wildman–Crippen MR) is 285 cm³/mol. The predicted octanol–water partition coefficient (Wildman–Crippen LogP) is 17.9. The lowest BCUT2D eigenvalue weighted by Gasteiger charge is -2.29. The highest BCUT2D eigenvalue weighted by Crippen LogP contribution is 2.51. The Bertz CT molecular complexity index is 3740. The topological polar surface area (TPSA) is 8.17 Å². The number of hydrogen-bond acceptors (Lipinski definition) is 1. The molecule has 0 amide bonds. The number of para-hydroxylation sites is 1. The Morgan fingerprint density at radius 3 is 1.82 bits per heavy atom. The summed E-state index contributed by atoms with van der Waals surface area (Å²) in [6.07, 6.45) is 15.7. The summed E-state index contributed by atoms with van der Waals surface area (Å²) in [5, 5.41) is 7.58. The first kappa shape index (κ1) is 39.4. The van der Waals surface area contributed by atoms with E-state index in [1.165, 1.54) is 111 Å². The average molecular weight is 859 g/mol. The largest absolute Gasteiger partial charge is 0.314 e. The van der Waals surface area contributed by atoms with Crippen molar-refractivity contribution in [3.63, 3.8) is 0 Å². The van der Waals surface area contributed by atoms with Crippen LogP contribution >= 0.6 is 0 Å². The van der Waals surface area contributed by atoms with Gasteiger partial charge in [-0.2, -0.15) is 0 Å². The highest BCUT2D eigenvalue weighted by molar-refractivity contribution is 6.22. The fourth-order valence-electron chi connectivity index (χ4n) is 11.8. The third kappa shape index (κ3) is 6.31. The van der Waals surface area contributed by atoms with Crippen LogP contribution in [-0.4, -0.2) is 4.57 Å². The molecule has 0 aliphatic heterocycles. The van der Waals surface area contributed by atoms with E-state index in [1.54, 1.807) is 5.57 Å². The van der Waals surface area contributed by atoms with E-state index in [0.29, 0.717) is 0 Å². The molecule has 0 radical (unpaired) electrons. The zero-order valence-electron chi connectivity index (χ0n) is 38.0. The molecule has 2 nitrogen and oxygen atoms in total. The standard InChI is InChI=1S/C65H50N2/c1-65(2)59-28-16-14-24-51(59)52-38-35-50(42-60(52)65)67-61-29-17-15-25-53(61)57-41-49(36-39-62(57)67)66(47-22-10-5-11-23-47)48-33-30-43(31-34-48)46-32-37-56-58(40-46)64(45-20-8-4-9-21-45)55-27-13-12-26-54(55)63(56)44-18-6-3-7-19-44/h3-10,12-15,17-22,24-27,29-42H,11,16,23,28H2,1-2H3. The van der Waals surface area contributed by atoms with E-state index >= 15 is 0 Å². The monoisotopic (exact) mass is 858 g/mol. The van der Waals surface area contributed by atoms with E-state index in [-0.39, 0.29) is 5.41 Å². The maximum atomic E-state index is 2.48. The number of aromatic nitrogens is 1. The van der Waals surface area contributed by atoms with Crippen LogP contribution in [-0.2, 0) is 5.41 Å². The van der Waals surface area contributed by atoms with E-state index in [0.717, 1.165) is 31.4 Å². The van der Waals surface area contributed by atoms with Gasteiger partial charge in [-0.25, -0.2) is 0 Å². The number of anilines is 2. The third-order valence-corrected chi connectivity index (χ3v) is 15.0. The lowest BCUT2D eigenvalue weighted by Crippen LogP contribution is -2.18. The van der Waals surface area contributed by atoms with Gasteiger partial charge in [0.15, 0.2) is 0 Å². The molecule has 0 saturated heterocycles. The van der Waals surface area contributed by atoms with Gasteiger partial charge in [0.25, 0.3) is 0 Å². The fraction of sp³-hybridized carbons (Fsp3) is 0.108. The second-order valence-electron chi connectivity index (χ2n) is 19.0. The average Bonchev–Trinajstić information content (AvgIpc) is 3.84. The van der Waals surface area contributed by atoms with Crippen molar-refractivity contribution in [3.8, 4) is 39.1 Å². The van der Waals surface area contributed by atoms with Gasteiger partial charge in [0, 0.05) is 38.9 Å². The first-order valence-corrected chi connectivity index (χ1v) is 24.0. The molecule has 1 aromatic heterocycles. The Balaban J connectivity index is 0.925. The molecule has 9 aromatic carbocycles. The Hall–Kier alpha value is -7.94. The molecule has 3 aliphatic rings. The molecular weight excluding hydrogens is 809 g/mol. The van der Waals surface area contributed by atoms with Crippen LogP contribution in [0.2, 0.25) is 0 Å². The summed E-state index contributed by atoms with van der Waals surface area (Å²) >= 11 is 0. The summed E-state index contributed by atoms with van der Waals surface area (Å²) in [7, 11) is 0. The summed E-state index contributed by atoms with van der Waals surface area (Å²) in [6, 6.07) is 70.2. The Morgan fingerprint density at radius 1 is 0.463 bits per heavy atom. The maximum absolute atomic E-state index is 2.48. The number of fused-ring (bicyclic) bond motifs is 7. The quantitative estimate of drug-likeness (QED) is 0.145. The van der Waals surface area contributed by atoms with Gasteiger partial charge in [-0.15, -0.1) is 0 Å². The summed E-state index contributed by atoms with van der Waals surface area (Å²) < 4.78 is 2.48. The van der Waals surface area contributed by atoms with E-state index < -0.39 is 0 Å². The Kier molecular flexibility index (Phi) is 9.18. The number of allylic oxidation sites excluding steroid dienone is 8. The van der Waals surface area contributed by atoms with Gasteiger partial charge >= 0.3 is 0 Å². The van der Waals surface area contributed by atoms with Gasteiger partial charge in [0.1, 0.15) is 0 Å². The van der Waals surface area contributed by atoms with Crippen LogP contribution in [0.15, 0.2) is 230 Å². The van der Waals surface area contributed by atoms with Crippen molar-refractivity contribution in [1.82, 2.24) is 4.57 Å². The van der Waals surface area contributed by atoms with Crippen LogP contribution < -0.4 is 4.90 Å². The van der Waals surface area contributed by atoms with Gasteiger partial charge in [0.2, 0.25) is 0 Å². The van der Waals surface area contributed by atoms with Gasteiger partial charge < -0.3 is 9.47 Å². The molecule has 0 saturated carbocycles. The zero-order chi connectivity index (χ0) is 44.6. The molecule has 10 aromatic rings. The van der Waals surface area contributed by atoms with Gasteiger partial charge in [0.05, 0.1) is 11.0 Å². The van der Waals surface area contributed by atoms with Crippen molar-refractivity contribution in [2.45, 2.75) is 44.9 Å². The van der Waals surface area contributed by atoms with E-state index in [4.69, 9.17) is 0 Å². The SMILES string of the molecule is CC1(C)C2=C(C=CCC2)c2ccc(-n3c4ccccc4c4cc(N(C5=CC=CCC5)c5ccc(-c6ccc7c(-c8ccccc8)c8ccccc8c(-c8ccccc8)c7c6)cc5)ccc43)cc21. The van der Waals surface area contributed by atoms with E-state index in [1.807, 2.05) is 0 Å². The van der Waals surface area contributed by atoms with Crippen LogP contribution in [0, 0.1) is 0 Å². The molecule has 320 valence electrons. The number of rotatable bonds is 7. The van der Waals surface area contributed by atoms with Gasteiger partial charge in [-0.05, 0) is 158 Å². The normalized spacial score (nSPS) is 15.1. The number of nitrogens with zero attached hydrogens (tertiary/aromatic N) is 2. The molecule has 0 spiro atoms. The number of hydrogen-bond donors (Lipinski definition) is 0. The molecule has 0 bridgehead atoms.